The van der Waals surface area contributed by atoms with E-state index < -0.39 is 24.5 Å². The second kappa shape index (κ2) is 8.41. The number of carbonyl (C=O) groups is 2. The molecule has 1 aliphatic carbocycles. The summed E-state index contributed by atoms with van der Waals surface area (Å²) in [5.74, 6) is -1.79. The number of likely N-dealkylation sites (tertiary alicyclic amines) is 1. The fraction of sp³-hybridized carbons (Fsp3) is 0.455. The second-order valence-corrected chi connectivity index (χ2v) is 8.96. The number of hydrogen-bond acceptors (Lipinski definition) is 3. The standard InChI is InChI=1S/C22H23F3N2O2S/c23-22(24,25)13-27-12-17(11-19(27)28)21(29)26-20(18-6-3-9-30-18)16-8-7-14-4-1-2-5-15(14)10-16/h3,6-10,17,20H,1-2,4-5,11-13H2,(H,26,29). The Labute approximate surface area is 177 Å². The van der Waals surface area contributed by atoms with Crippen molar-refractivity contribution in [3.8, 4) is 0 Å². The lowest BCUT2D eigenvalue weighted by molar-refractivity contribution is -0.157. The van der Waals surface area contributed by atoms with Crippen molar-refractivity contribution in [3.63, 3.8) is 0 Å². The SMILES string of the molecule is O=C(NC(c1ccc2c(c1)CCCC2)c1cccs1)C1CC(=O)N(CC(F)(F)F)C1. The van der Waals surface area contributed by atoms with Gasteiger partial charge in [0.1, 0.15) is 6.54 Å². The molecule has 1 aromatic carbocycles. The predicted octanol–water partition coefficient (Wildman–Crippen LogP) is 4.24. The van der Waals surface area contributed by atoms with E-state index >= 15 is 0 Å². The van der Waals surface area contributed by atoms with E-state index in [-0.39, 0.29) is 24.9 Å². The number of thiophene rings is 1. The molecule has 2 unspecified atom stereocenters. The fourth-order valence-corrected chi connectivity index (χ4v) is 5.09. The number of amides is 2. The van der Waals surface area contributed by atoms with Crippen molar-refractivity contribution in [2.24, 2.45) is 5.92 Å². The molecule has 4 rings (SSSR count). The summed E-state index contributed by atoms with van der Waals surface area (Å²) in [5, 5.41) is 4.93. The zero-order valence-electron chi connectivity index (χ0n) is 16.4. The smallest absolute Gasteiger partial charge is 0.344 e. The van der Waals surface area contributed by atoms with Crippen LogP contribution in [0.5, 0.6) is 0 Å². The molecule has 2 aliphatic rings. The quantitative estimate of drug-likeness (QED) is 0.762. The van der Waals surface area contributed by atoms with Gasteiger partial charge < -0.3 is 10.2 Å². The van der Waals surface area contributed by atoms with E-state index in [9.17, 15) is 22.8 Å². The first kappa shape index (κ1) is 20.9. The number of benzene rings is 1. The van der Waals surface area contributed by atoms with Gasteiger partial charge in [-0.25, -0.2) is 0 Å². The van der Waals surface area contributed by atoms with Gasteiger partial charge in [-0.1, -0.05) is 24.3 Å². The Morgan fingerprint density at radius 3 is 2.67 bits per heavy atom. The van der Waals surface area contributed by atoms with E-state index in [4.69, 9.17) is 0 Å². The summed E-state index contributed by atoms with van der Waals surface area (Å²) in [6, 6.07) is 9.73. The number of alkyl halides is 3. The van der Waals surface area contributed by atoms with E-state index in [0.29, 0.717) is 0 Å². The Morgan fingerprint density at radius 1 is 1.20 bits per heavy atom. The number of nitrogens with zero attached hydrogens (tertiary/aromatic N) is 1. The summed E-state index contributed by atoms with van der Waals surface area (Å²) in [7, 11) is 0. The molecule has 2 aromatic rings. The van der Waals surface area contributed by atoms with Crippen molar-refractivity contribution in [3.05, 3.63) is 57.3 Å². The Balaban J connectivity index is 1.52. The Bertz CT molecular complexity index is 927. The van der Waals surface area contributed by atoms with Crippen LogP contribution < -0.4 is 5.32 Å². The third kappa shape index (κ3) is 4.69. The van der Waals surface area contributed by atoms with Crippen molar-refractivity contribution >= 4 is 23.2 Å². The van der Waals surface area contributed by atoms with Gasteiger partial charge in [0, 0.05) is 17.8 Å². The van der Waals surface area contributed by atoms with Gasteiger partial charge in [0.05, 0.1) is 12.0 Å². The number of aryl methyl sites for hydroxylation is 2. The number of fused-ring (bicyclic) bond motifs is 1. The van der Waals surface area contributed by atoms with Crippen LogP contribution >= 0.6 is 11.3 Å². The van der Waals surface area contributed by atoms with Gasteiger partial charge in [0.25, 0.3) is 0 Å². The highest BCUT2D eigenvalue weighted by Gasteiger charge is 2.41. The number of nitrogens with one attached hydrogen (secondary N) is 1. The van der Waals surface area contributed by atoms with Gasteiger partial charge in [0.2, 0.25) is 11.8 Å². The molecule has 4 nitrogen and oxygen atoms in total. The second-order valence-electron chi connectivity index (χ2n) is 7.98. The molecule has 1 aromatic heterocycles. The minimum atomic E-state index is -4.47. The Morgan fingerprint density at radius 2 is 1.97 bits per heavy atom. The van der Waals surface area contributed by atoms with Crippen molar-refractivity contribution in [1.29, 1.82) is 0 Å². The summed E-state index contributed by atoms with van der Waals surface area (Å²) < 4.78 is 38.0. The maximum Gasteiger partial charge on any atom is 0.406 e. The molecule has 0 saturated carbocycles. The molecule has 8 heteroatoms. The molecule has 0 spiro atoms. The van der Waals surface area contributed by atoms with Crippen LogP contribution in [0.1, 0.15) is 46.9 Å². The summed E-state index contributed by atoms with van der Waals surface area (Å²) in [5.41, 5.74) is 3.59. The summed E-state index contributed by atoms with van der Waals surface area (Å²) in [6.07, 6.45) is -0.261. The highest BCUT2D eigenvalue weighted by atomic mass is 32.1. The van der Waals surface area contributed by atoms with E-state index in [1.165, 1.54) is 28.9 Å². The van der Waals surface area contributed by atoms with E-state index in [2.05, 4.69) is 17.4 Å². The molecular weight excluding hydrogens is 413 g/mol. The zero-order valence-corrected chi connectivity index (χ0v) is 17.2. The van der Waals surface area contributed by atoms with Crippen molar-refractivity contribution < 1.29 is 22.8 Å². The lowest BCUT2D eigenvalue weighted by atomic mass is 9.89. The molecule has 1 N–H and O–H groups in total. The number of carbonyl (C=O) groups excluding carboxylic acids is 2. The van der Waals surface area contributed by atoms with E-state index in [1.54, 1.807) is 0 Å². The van der Waals surface area contributed by atoms with Gasteiger partial charge in [-0.15, -0.1) is 11.3 Å². The van der Waals surface area contributed by atoms with Crippen molar-refractivity contribution in [1.82, 2.24) is 10.2 Å². The monoisotopic (exact) mass is 436 g/mol. The maximum absolute atomic E-state index is 12.9. The molecule has 2 atom stereocenters. The topological polar surface area (TPSA) is 49.4 Å². The molecule has 0 bridgehead atoms. The van der Waals surface area contributed by atoms with Crippen LogP contribution in [0.2, 0.25) is 0 Å². The average Bonchev–Trinajstić information content (AvgIpc) is 3.35. The normalized spacial score (nSPS) is 20.2. The highest BCUT2D eigenvalue weighted by molar-refractivity contribution is 7.10. The average molecular weight is 436 g/mol. The minimum absolute atomic E-state index is 0.191. The molecule has 2 amide bonds. The molecule has 1 aliphatic heterocycles. The molecule has 1 saturated heterocycles. The van der Waals surface area contributed by atoms with Crippen molar-refractivity contribution in [2.45, 2.75) is 44.3 Å². The van der Waals surface area contributed by atoms with Crippen LogP contribution in [0.3, 0.4) is 0 Å². The molecule has 160 valence electrons. The molecular formula is C22H23F3N2O2S. The summed E-state index contributed by atoms with van der Waals surface area (Å²) >= 11 is 1.52. The lowest BCUT2D eigenvalue weighted by Gasteiger charge is -2.23. The number of hydrogen-bond donors (Lipinski definition) is 1. The lowest BCUT2D eigenvalue weighted by Crippen LogP contribution is -2.38. The van der Waals surface area contributed by atoms with Gasteiger partial charge in [0.15, 0.2) is 0 Å². The van der Waals surface area contributed by atoms with Crippen LogP contribution in [-0.2, 0) is 22.4 Å². The van der Waals surface area contributed by atoms with Crippen LogP contribution in [0, 0.1) is 5.92 Å². The van der Waals surface area contributed by atoms with E-state index in [1.807, 2.05) is 23.6 Å². The van der Waals surface area contributed by atoms with Crippen molar-refractivity contribution in [2.75, 3.05) is 13.1 Å². The third-order valence-electron chi connectivity index (χ3n) is 5.78. The molecule has 30 heavy (non-hydrogen) atoms. The molecule has 2 heterocycles. The van der Waals surface area contributed by atoms with E-state index in [0.717, 1.165) is 34.6 Å². The molecule has 0 radical (unpaired) electrons. The third-order valence-corrected chi connectivity index (χ3v) is 6.71. The predicted molar refractivity (Wildman–Crippen MR) is 108 cm³/mol. The minimum Gasteiger partial charge on any atom is -0.344 e. The number of rotatable bonds is 5. The van der Waals surface area contributed by atoms with Gasteiger partial charge >= 0.3 is 6.18 Å². The summed E-state index contributed by atoms with van der Waals surface area (Å²) in [6.45, 7) is -1.51. The zero-order chi connectivity index (χ0) is 21.3. The van der Waals surface area contributed by atoms with Crippen LogP contribution in [0.25, 0.3) is 0 Å². The highest BCUT2D eigenvalue weighted by Crippen LogP contribution is 2.31. The first-order valence-electron chi connectivity index (χ1n) is 10.1. The van der Waals surface area contributed by atoms with Gasteiger partial charge in [-0.05, 0) is 53.8 Å². The Kier molecular flexibility index (Phi) is 5.86. The van der Waals surface area contributed by atoms with Crippen LogP contribution in [0.15, 0.2) is 35.7 Å². The largest absolute Gasteiger partial charge is 0.406 e. The first-order valence-corrected chi connectivity index (χ1v) is 11.0. The van der Waals surface area contributed by atoms with Crippen LogP contribution in [-0.4, -0.2) is 36.0 Å². The van der Waals surface area contributed by atoms with Gasteiger partial charge in [-0.2, -0.15) is 13.2 Å². The van der Waals surface area contributed by atoms with Gasteiger partial charge in [-0.3, -0.25) is 9.59 Å². The van der Waals surface area contributed by atoms with Crippen LogP contribution in [0.4, 0.5) is 13.2 Å². The molecule has 1 fully saturated rings. The number of halogens is 3. The Hall–Kier alpha value is -2.35. The summed E-state index contributed by atoms with van der Waals surface area (Å²) in [4.78, 5) is 26.5. The first-order chi connectivity index (χ1) is 14.3. The fourth-order valence-electron chi connectivity index (χ4n) is 4.28. The maximum atomic E-state index is 12.9.